The molecule has 5 heterocycles. The predicted molar refractivity (Wildman–Crippen MR) is 113 cm³/mol. The number of rotatable bonds is 3. The van der Waals surface area contributed by atoms with E-state index in [9.17, 15) is 4.79 Å². The highest BCUT2D eigenvalue weighted by molar-refractivity contribution is 6.06. The Balaban J connectivity index is 1.38. The van der Waals surface area contributed by atoms with Gasteiger partial charge in [-0.25, -0.2) is 4.98 Å². The summed E-state index contributed by atoms with van der Waals surface area (Å²) in [5, 5.41) is 12.3. The van der Waals surface area contributed by atoms with Gasteiger partial charge in [-0.2, -0.15) is 5.10 Å². The normalized spacial score (nSPS) is 29.6. The van der Waals surface area contributed by atoms with Crippen LogP contribution in [-0.2, 0) is 7.05 Å². The van der Waals surface area contributed by atoms with Crippen LogP contribution >= 0.6 is 0 Å². The van der Waals surface area contributed by atoms with E-state index >= 15 is 0 Å². The number of carbonyl (C=O) groups excluding carboxylic acids is 1. The molecule has 156 valence electrons. The minimum absolute atomic E-state index is 0.00366. The maximum atomic E-state index is 13.2. The molecule has 0 radical (unpaired) electrons. The Morgan fingerprint density at radius 2 is 2.10 bits per heavy atom. The number of aromatic nitrogens is 3. The molecule has 7 heteroatoms. The molecule has 1 amide bonds. The van der Waals surface area contributed by atoms with Crippen molar-refractivity contribution in [1.82, 2.24) is 30.3 Å². The molecule has 2 aromatic heterocycles. The number of piperidine rings is 3. The van der Waals surface area contributed by atoms with Gasteiger partial charge in [0.2, 0.25) is 0 Å². The molecule has 3 aliphatic rings. The van der Waals surface area contributed by atoms with Crippen LogP contribution < -0.4 is 10.6 Å². The average Bonchev–Trinajstić information content (AvgIpc) is 3.01. The van der Waals surface area contributed by atoms with E-state index in [2.05, 4.69) is 25.6 Å². The van der Waals surface area contributed by atoms with Gasteiger partial charge in [0.1, 0.15) is 0 Å². The van der Waals surface area contributed by atoms with E-state index in [1.165, 1.54) is 32.2 Å². The highest BCUT2D eigenvalue weighted by atomic mass is 16.1. The third kappa shape index (κ3) is 3.24. The summed E-state index contributed by atoms with van der Waals surface area (Å²) in [7, 11) is 1.88. The lowest BCUT2D eigenvalue weighted by atomic mass is 9.73. The highest BCUT2D eigenvalue weighted by Crippen LogP contribution is 2.38. The van der Waals surface area contributed by atoms with Crippen molar-refractivity contribution in [1.29, 1.82) is 0 Å². The summed E-state index contributed by atoms with van der Waals surface area (Å²) in [6.45, 7) is 8.01. The van der Waals surface area contributed by atoms with Gasteiger partial charge in [-0.1, -0.05) is 6.42 Å². The van der Waals surface area contributed by atoms with E-state index in [1.54, 1.807) is 4.68 Å². The van der Waals surface area contributed by atoms with Gasteiger partial charge < -0.3 is 10.6 Å². The molecule has 3 fully saturated rings. The molecular formula is C22H32N6O. The fourth-order valence-corrected chi connectivity index (χ4v) is 6.09. The molecule has 0 unspecified atom stereocenters. The first-order valence-electron chi connectivity index (χ1n) is 11.1. The molecule has 0 spiro atoms. The molecule has 0 aromatic carbocycles. The topological polar surface area (TPSA) is 75.1 Å². The van der Waals surface area contributed by atoms with Crippen molar-refractivity contribution in [3.8, 4) is 0 Å². The van der Waals surface area contributed by atoms with Crippen LogP contribution in [0, 0.1) is 25.7 Å². The Bertz CT molecular complexity index is 937. The van der Waals surface area contributed by atoms with Crippen molar-refractivity contribution in [2.45, 2.75) is 51.6 Å². The highest BCUT2D eigenvalue weighted by Gasteiger charge is 2.45. The zero-order valence-corrected chi connectivity index (χ0v) is 17.7. The van der Waals surface area contributed by atoms with Gasteiger partial charge in [-0.3, -0.25) is 14.4 Å². The zero-order chi connectivity index (χ0) is 20.1. The van der Waals surface area contributed by atoms with E-state index in [0.717, 1.165) is 48.0 Å². The van der Waals surface area contributed by atoms with E-state index in [4.69, 9.17) is 0 Å². The van der Waals surface area contributed by atoms with Crippen molar-refractivity contribution < 1.29 is 4.79 Å². The fourth-order valence-electron chi connectivity index (χ4n) is 6.09. The number of nitrogens with zero attached hydrogens (tertiary/aromatic N) is 4. The lowest BCUT2D eigenvalue weighted by Gasteiger charge is -2.55. The number of hydrogen-bond donors (Lipinski definition) is 2. The van der Waals surface area contributed by atoms with Crippen molar-refractivity contribution in [3.63, 3.8) is 0 Å². The van der Waals surface area contributed by atoms with Gasteiger partial charge in [0, 0.05) is 31.4 Å². The monoisotopic (exact) mass is 396 g/mol. The molecule has 0 aliphatic carbocycles. The summed E-state index contributed by atoms with van der Waals surface area (Å²) in [4.78, 5) is 20.6. The Morgan fingerprint density at radius 3 is 2.97 bits per heavy atom. The maximum absolute atomic E-state index is 13.2. The molecule has 5 rings (SSSR count). The summed E-state index contributed by atoms with van der Waals surface area (Å²) in [6.07, 6.45) is 5.24. The Labute approximate surface area is 172 Å². The number of hydrogen-bond acceptors (Lipinski definition) is 5. The second kappa shape index (κ2) is 7.36. The van der Waals surface area contributed by atoms with Crippen LogP contribution in [-0.4, -0.2) is 63.8 Å². The average molecular weight is 397 g/mol. The summed E-state index contributed by atoms with van der Waals surface area (Å²) in [5.74, 6) is 1.40. The Morgan fingerprint density at radius 1 is 1.28 bits per heavy atom. The summed E-state index contributed by atoms with van der Waals surface area (Å²) in [6, 6.07) is 3.02. The van der Waals surface area contributed by atoms with Crippen molar-refractivity contribution >= 4 is 16.9 Å². The number of nitrogens with one attached hydrogen (secondary N) is 2. The molecule has 7 nitrogen and oxygen atoms in total. The third-order valence-electron chi connectivity index (χ3n) is 7.34. The smallest absolute Gasteiger partial charge is 0.252 e. The van der Waals surface area contributed by atoms with E-state index in [0.29, 0.717) is 23.6 Å². The fraction of sp³-hybridized carbons (Fsp3) is 0.682. The standard InChI is InChI=1S/C22H32N6O/c1-13-8-17(20-14(2)26-27(3)21(20)25-13)22(29)24-12-19-16-9-15(10-23-11-16)18-6-4-5-7-28(18)19/h8,15-16,18-19,23H,4-7,9-12H2,1-3H3,(H,24,29)/t15-,16+,18+,19+/m1/s1. The van der Waals surface area contributed by atoms with Crippen molar-refractivity contribution in [2.24, 2.45) is 18.9 Å². The largest absolute Gasteiger partial charge is 0.350 e. The molecule has 29 heavy (non-hydrogen) atoms. The summed E-state index contributed by atoms with van der Waals surface area (Å²) in [5.41, 5.74) is 3.18. The first-order valence-corrected chi connectivity index (χ1v) is 11.1. The number of amides is 1. The molecular weight excluding hydrogens is 364 g/mol. The molecule has 0 saturated carbocycles. The van der Waals surface area contributed by atoms with Gasteiger partial charge >= 0.3 is 0 Å². The van der Waals surface area contributed by atoms with Crippen LogP contribution in [0.1, 0.15) is 47.4 Å². The van der Waals surface area contributed by atoms with Gasteiger partial charge in [0.05, 0.1) is 16.6 Å². The molecule has 2 N–H and O–H groups in total. The molecule has 2 aromatic rings. The minimum atomic E-state index is -0.00366. The Kier molecular flexibility index (Phi) is 4.82. The summed E-state index contributed by atoms with van der Waals surface area (Å²) < 4.78 is 1.77. The molecule has 3 saturated heterocycles. The molecule has 2 bridgehead atoms. The summed E-state index contributed by atoms with van der Waals surface area (Å²) >= 11 is 0. The second-order valence-electron chi connectivity index (χ2n) is 9.21. The van der Waals surface area contributed by atoms with Gasteiger partial charge in [0.15, 0.2) is 5.65 Å². The number of aryl methyl sites for hydroxylation is 3. The van der Waals surface area contributed by atoms with Gasteiger partial charge in [-0.05, 0) is 70.6 Å². The zero-order valence-electron chi connectivity index (χ0n) is 17.7. The van der Waals surface area contributed by atoms with E-state index in [-0.39, 0.29) is 5.91 Å². The first kappa shape index (κ1) is 19.0. The van der Waals surface area contributed by atoms with Crippen LogP contribution in [0.5, 0.6) is 0 Å². The minimum Gasteiger partial charge on any atom is -0.350 e. The van der Waals surface area contributed by atoms with Gasteiger partial charge in [-0.15, -0.1) is 0 Å². The maximum Gasteiger partial charge on any atom is 0.252 e. The van der Waals surface area contributed by atoms with Crippen molar-refractivity contribution in [2.75, 3.05) is 26.2 Å². The van der Waals surface area contributed by atoms with E-state index < -0.39 is 0 Å². The lowest BCUT2D eigenvalue weighted by Crippen LogP contribution is -2.65. The number of pyridine rings is 1. The van der Waals surface area contributed by atoms with Crippen LogP contribution in [0.3, 0.4) is 0 Å². The van der Waals surface area contributed by atoms with Crippen LogP contribution in [0.25, 0.3) is 11.0 Å². The quantitative estimate of drug-likeness (QED) is 0.827. The SMILES string of the molecule is Cc1cc(C(=O)NC[C@H]2[C@@H]3CNC[C@@H](C3)[C@@H]3CCCCN32)c2c(C)nn(C)c2n1. The lowest BCUT2D eigenvalue weighted by molar-refractivity contribution is -0.0371. The van der Waals surface area contributed by atoms with Crippen LogP contribution in [0.2, 0.25) is 0 Å². The molecule has 4 atom stereocenters. The third-order valence-corrected chi connectivity index (χ3v) is 7.34. The molecule has 3 aliphatic heterocycles. The van der Waals surface area contributed by atoms with Crippen molar-refractivity contribution in [3.05, 3.63) is 23.0 Å². The first-order chi connectivity index (χ1) is 14.0. The van der Waals surface area contributed by atoms with Gasteiger partial charge in [0.25, 0.3) is 5.91 Å². The van der Waals surface area contributed by atoms with Crippen LogP contribution in [0.4, 0.5) is 0 Å². The predicted octanol–water partition coefficient (Wildman–Crippen LogP) is 1.78. The van der Waals surface area contributed by atoms with Crippen LogP contribution in [0.15, 0.2) is 6.07 Å². The number of fused-ring (bicyclic) bond motifs is 5. The second-order valence-corrected chi connectivity index (χ2v) is 9.21. The Hall–Kier alpha value is -1.99. The number of carbonyl (C=O) groups is 1. The van der Waals surface area contributed by atoms with E-state index in [1.807, 2.05) is 27.0 Å².